The van der Waals surface area contributed by atoms with Gasteiger partial charge in [0.2, 0.25) is 0 Å². The van der Waals surface area contributed by atoms with Crippen LogP contribution in [0.15, 0.2) is 40.4 Å². The van der Waals surface area contributed by atoms with Gasteiger partial charge in [-0.1, -0.05) is 29.8 Å². The van der Waals surface area contributed by atoms with E-state index in [-0.39, 0.29) is 11.4 Å². The second-order valence-electron chi connectivity index (χ2n) is 6.52. The number of carbonyl (C=O) groups excluding carboxylic acids is 1. The second kappa shape index (κ2) is 5.81. The van der Waals surface area contributed by atoms with Crippen molar-refractivity contribution in [1.29, 1.82) is 0 Å². The molecule has 124 valence electrons. The van der Waals surface area contributed by atoms with Crippen LogP contribution in [0, 0.1) is 6.92 Å². The Morgan fingerprint density at radius 1 is 1.17 bits per heavy atom. The zero-order valence-corrected chi connectivity index (χ0v) is 14.7. The van der Waals surface area contributed by atoms with Crippen LogP contribution < -0.4 is 5.32 Å². The molecular formula is C16H21N3O3S. The molecule has 0 bridgehead atoms. The molecule has 1 aliphatic rings. The predicted molar refractivity (Wildman–Crippen MR) is 90.4 cm³/mol. The summed E-state index contributed by atoms with van der Waals surface area (Å²) in [6.07, 6.45) is 1.49. The van der Waals surface area contributed by atoms with Gasteiger partial charge in [0.05, 0.1) is 5.71 Å². The Morgan fingerprint density at radius 2 is 1.74 bits per heavy atom. The molecule has 0 saturated heterocycles. The third-order valence-corrected chi connectivity index (χ3v) is 4.56. The lowest BCUT2D eigenvalue weighted by atomic mass is 10.1. The lowest BCUT2D eigenvalue weighted by molar-refractivity contribution is -0.119. The average Bonchev–Trinajstić information content (AvgIpc) is 2.40. The van der Waals surface area contributed by atoms with Crippen LogP contribution in [0.1, 0.15) is 31.9 Å². The molecule has 2 rings (SSSR count). The van der Waals surface area contributed by atoms with Crippen LogP contribution in [0.3, 0.4) is 0 Å². The molecule has 0 radical (unpaired) electrons. The molecule has 0 spiro atoms. The third kappa shape index (κ3) is 3.98. The van der Waals surface area contributed by atoms with Crippen LogP contribution in [0.25, 0.3) is 0 Å². The van der Waals surface area contributed by atoms with E-state index in [0.29, 0.717) is 5.56 Å². The van der Waals surface area contributed by atoms with E-state index in [4.69, 9.17) is 0 Å². The summed E-state index contributed by atoms with van der Waals surface area (Å²) in [4.78, 5) is 12.4. The quantitative estimate of drug-likeness (QED) is 0.894. The number of likely N-dealkylation sites (N-methyl/N-ethyl adjacent to an activating group) is 1. The molecule has 1 heterocycles. The molecule has 0 unspecified atom stereocenters. The van der Waals surface area contributed by atoms with Crippen molar-refractivity contribution in [2.75, 3.05) is 7.05 Å². The smallest absolute Gasteiger partial charge is 0.345 e. The van der Waals surface area contributed by atoms with Crippen molar-refractivity contribution in [2.24, 2.45) is 4.40 Å². The predicted octanol–water partition coefficient (Wildman–Crippen LogP) is 1.77. The molecule has 0 saturated carbocycles. The molecule has 0 aliphatic carbocycles. The largest absolute Gasteiger partial charge is 0.346 e. The van der Waals surface area contributed by atoms with Gasteiger partial charge in [0.25, 0.3) is 5.91 Å². The van der Waals surface area contributed by atoms with Gasteiger partial charge in [-0.25, -0.2) is 4.31 Å². The first-order chi connectivity index (χ1) is 10.5. The monoisotopic (exact) mass is 335 g/mol. The molecule has 0 aromatic heterocycles. The SMILES string of the molecule is Cc1ccc(C2=NS(=O)(=O)N(C)C(C(=O)NC(C)(C)C)=C2)cc1. The molecule has 0 atom stereocenters. The Hall–Kier alpha value is -2.15. The highest BCUT2D eigenvalue weighted by Gasteiger charge is 2.31. The van der Waals surface area contributed by atoms with Gasteiger partial charge in [-0.3, -0.25) is 4.79 Å². The normalized spacial score (nSPS) is 17.3. The van der Waals surface area contributed by atoms with Gasteiger partial charge in [0.15, 0.2) is 0 Å². The average molecular weight is 335 g/mol. The summed E-state index contributed by atoms with van der Waals surface area (Å²) in [5, 5.41) is 2.77. The van der Waals surface area contributed by atoms with Crippen molar-refractivity contribution in [3.8, 4) is 0 Å². The minimum absolute atomic E-state index is 0.0468. The van der Waals surface area contributed by atoms with E-state index in [0.717, 1.165) is 9.87 Å². The number of nitrogens with one attached hydrogen (secondary N) is 1. The van der Waals surface area contributed by atoms with E-state index in [2.05, 4.69) is 9.71 Å². The molecule has 1 aromatic carbocycles. The first-order valence-corrected chi connectivity index (χ1v) is 8.59. The summed E-state index contributed by atoms with van der Waals surface area (Å²) < 4.78 is 29.1. The fourth-order valence-electron chi connectivity index (χ4n) is 2.03. The molecular weight excluding hydrogens is 314 g/mol. The Kier molecular flexibility index (Phi) is 4.34. The number of carbonyl (C=O) groups is 1. The number of hydrogen-bond donors (Lipinski definition) is 1. The minimum Gasteiger partial charge on any atom is -0.346 e. The van der Waals surface area contributed by atoms with E-state index in [1.165, 1.54) is 13.1 Å². The van der Waals surface area contributed by atoms with Crippen LogP contribution in [0.2, 0.25) is 0 Å². The number of hydrogen-bond acceptors (Lipinski definition) is 3. The Balaban J connectivity index is 2.47. The van der Waals surface area contributed by atoms with Crippen LogP contribution in [0.4, 0.5) is 0 Å². The summed E-state index contributed by atoms with van der Waals surface area (Å²) in [5.74, 6) is -0.455. The zero-order valence-electron chi connectivity index (χ0n) is 13.9. The molecule has 1 N–H and O–H groups in total. The van der Waals surface area contributed by atoms with Gasteiger partial charge >= 0.3 is 10.2 Å². The molecule has 7 heteroatoms. The fourth-order valence-corrected chi connectivity index (χ4v) is 2.94. The number of allylic oxidation sites excluding steroid dienone is 1. The lowest BCUT2D eigenvalue weighted by Gasteiger charge is -2.27. The Labute approximate surface area is 137 Å². The lowest BCUT2D eigenvalue weighted by Crippen LogP contribution is -2.45. The molecule has 23 heavy (non-hydrogen) atoms. The van der Waals surface area contributed by atoms with Crippen molar-refractivity contribution in [1.82, 2.24) is 9.62 Å². The Bertz CT molecular complexity index is 785. The molecule has 1 amide bonds. The maximum absolute atomic E-state index is 12.4. The zero-order chi connectivity index (χ0) is 17.4. The first kappa shape index (κ1) is 17.2. The maximum atomic E-state index is 12.4. The summed E-state index contributed by atoms with van der Waals surface area (Å²) in [6, 6.07) is 7.30. The molecule has 1 aliphatic heterocycles. The number of amides is 1. The standard InChI is InChI=1S/C16H21N3O3S/c1-11-6-8-12(9-7-11)13-10-14(15(20)17-16(2,3)4)19(5)23(21,22)18-13/h6-10H,1-5H3,(H,17,20). The topological polar surface area (TPSA) is 78.8 Å². The highest BCUT2D eigenvalue weighted by atomic mass is 32.2. The number of nitrogens with zero attached hydrogens (tertiary/aromatic N) is 2. The van der Waals surface area contributed by atoms with Crippen molar-refractivity contribution in [3.05, 3.63) is 47.2 Å². The van der Waals surface area contributed by atoms with Crippen LogP contribution in [-0.2, 0) is 15.0 Å². The van der Waals surface area contributed by atoms with Gasteiger partial charge in [-0.15, -0.1) is 4.40 Å². The van der Waals surface area contributed by atoms with Crippen molar-refractivity contribution in [2.45, 2.75) is 33.2 Å². The van der Waals surface area contributed by atoms with E-state index in [9.17, 15) is 13.2 Å². The number of aryl methyl sites for hydroxylation is 1. The summed E-state index contributed by atoms with van der Waals surface area (Å²) in [7, 11) is -2.61. The van der Waals surface area contributed by atoms with Crippen molar-refractivity contribution < 1.29 is 13.2 Å². The van der Waals surface area contributed by atoms with Gasteiger partial charge < -0.3 is 5.32 Å². The molecule has 0 fully saturated rings. The fraction of sp³-hybridized carbons (Fsp3) is 0.375. The van der Waals surface area contributed by atoms with Crippen LogP contribution >= 0.6 is 0 Å². The summed E-state index contributed by atoms with van der Waals surface area (Å²) in [5.41, 5.74) is 1.53. The van der Waals surface area contributed by atoms with Gasteiger partial charge in [0, 0.05) is 18.2 Å². The number of benzene rings is 1. The summed E-state index contributed by atoms with van der Waals surface area (Å²) >= 11 is 0. The van der Waals surface area contributed by atoms with E-state index < -0.39 is 21.7 Å². The Morgan fingerprint density at radius 3 is 2.26 bits per heavy atom. The van der Waals surface area contributed by atoms with Crippen molar-refractivity contribution >= 4 is 21.8 Å². The van der Waals surface area contributed by atoms with E-state index in [1.807, 2.05) is 39.8 Å². The minimum atomic E-state index is -3.93. The first-order valence-electron chi connectivity index (χ1n) is 7.20. The molecule has 6 nitrogen and oxygen atoms in total. The van der Waals surface area contributed by atoms with Crippen LogP contribution in [0.5, 0.6) is 0 Å². The highest BCUT2D eigenvalue weighted by Crippen LogP contribution is 2.20. The maximum Gasteiger partial charge on any atom is 0.345 e. The van der Waals surface area contributed by atoms with Crippen molar-refractivity contribution in [3.63, 3.8) is 0 Å². The van der Waals surface area contributed by atoms with E-state index >= 15 is 0 Å². The summed E-state index contributed by atoms with van der Waals surface area (Å²) in [6.45, 7) is 7.43. The molecule has 1 aromatic rings. The second-order valence-corrected chi connectivity index (χ2v) is 8.15. The van der Waals surface area contributed by atoms with E-state index in [1.54, 1.807) is 12.1 Å². The van der Waals surface area contributed by atoms with Gasteiger partial charge in [-0.05, 0) is 33.8 Å². The van der Waals surface area contributed by atoms with Gasteiger partial charge in [0.1, 0.15) is 5.70 Å². The van der Waals surface area contributed by atoms with Crippen LogP contribution in [-0.4, -0.2) is 36.9 Å². The number of rotatable bonds is 2. The highest BCUT2D eigenvalue weighted by molar-refractivity contribution is 7.88. The third-order valence-electron chi connectivity index (χ3n) is 3.24. The van der Waals surface area contributed by atoms with Gasteiger partial charge in [-0.2, -0.15) is 8.42 Å².